The number of ether oxygens (including phenoxy) is 3. The van der Waals surface area contributed by atoms with Crippen LogP contribution in [-0.2, 0) is 4.79 Å². The van der Waals surface area contributed by atoms with Gasteiger partial charge in [-0.3, -0.25) is 0 Å². The zero-order chi connectivity index (χ0) is 19.9. The topological polar surface area (TPSA) is 104 Å². The highest BCUT2D eigenvalue weighted by Crippen LogP contribution is 2.28. The van der Waals surface area contributed by atoms with E-state index in [1.807, 2.05) is 36.4 Å². The molecule has 2 aromatic carbocycles. The predicted molar refractivity (Wildman–Crippen MR) is 100 cm³/mol. The van der Waals surface area contributed by atoms with Gasteiger partial charge >= 0.3 is 24.0 Å². The van der Waals surface area contributed by atoms with E-state index in [9.17, 15) is 9.90 Å². The molecule has 0 fully saturated rings. The van der Waals surface area contributed by atoms with Crippen molar-refractivity contribution in [2.24, 2.45) is 0 Å². The van der Waals surface area contributed by atoms with Crippen LogP contribution >= 0.6 is 0 Å². The fraction of sp³-hybridized carbons (Fsp3) is 0.100. The third kappa shape index (κ3) is 4.24. The van der Waals surface area contributed by atoms with E-state index >= 15 is 0 Å². The molecule has 142 valence electrons. The van der Waals surface area contributed by atoms with Gasteiger partial charge in [-0.2, -0.15) is 0 Å². The fourth-order valence-electron chi connectivity index (χ4n) is 2.48. The van der Waals surface area contributed by atoms with E-state index in [-0.39, 0.29) is 23.8 Å². The van der Waals surface area contributed by atoms with E-state index in [1.165, 1.54) is 14.2 Å². The summed E-state index contributed by atoms with van der Waals surface area (Å²) in [6.45, 7) is 0. The molecule has 28 heavy (non-hydrogen) atoms. The van der Waals surface area contributed by atoms with Gasteiger partial charge in [0.25, 0.3) is 0 Å². The zero-order valence-corrected chi connectivity index (χ0v) is 15.2. The van der Waals surface area contributed by atoms with Crippen molar-refractivity contribution in [1.29, 1.82) is 0 Å². The van der Waals surface area contributed by atoms with Gasteiger partial charge in [-0.15, -0.1) is 15.0 Å². The van der Waals surface area contributed by atoms with Gasteiger partial charge in [0.1, 0.15) is 0 Å². The number of hydrogen-bond acceptors (Lipinski definition) is 7. The molecule has 0 bridgehead atoms. The monoisotopic (exact) mass is 379 g/mol. The fourth-order valence-corrected chi connectivity index (χ4v) is 2.48. The van der Waals surface area contributed by atoms with Crippen molar-refractivity contribution >= 4 is 11.5 Å². The van der Waals surface area contributed by atoms with Gasteiger partial charge in [0, 0.05) is 5.57 Å². The Balaban J connectivity index is 2.18. The van der Waals surface area contributed by atoms with E-state index in [0.717, 1.165) is 0 Å². The van der Waals surface area contributed by atoms with Gasteiger partial charge in [0.2, 0.25) is 5.76 Å². The Kier molecular flexibility index (Phi) is 5.81. The first-order valence-corrected chi connectivity index (χ1v) is 8.22. The van der Waals surface area contributed by atoms with E-state index in [4.69, 9.17) is 14.2 Å². The van der Waals surface area contributed by atoms with Gasteiger partial charge in [-0.25, -0.2) is 4.79 Å². The van der Waals surface area contributed by atoms with Crippen molar-refractivity contribution in [3.8, 4) is 18.0 Å². The number of aliphatic carboxylic acids is 1. The molecule has 0 unspecified atom stereocenters. The van der Waals surface area contributed by atoms with Crippen molar-refractivity contribution in [3.05, 3.63) is 77.5 Å². The Hall–Kier alpha value is -3.94. The summed E-state index contributed by atoms with van der Waals surface area (Å²) in [6.07, 6.45) is 0. The van der Waals surface area contributed by atoms with E-state index < -0.39 is 5.97 Å². The molecule has 0 spiro atoms. The number of benzene rings is 2. The van der Waals surface area contributed by atoms with Crippen LogP contribution in [0.5, 0.6) is 18.0 Å². The first-order valence-electron chi connectivity index (χ1n) is 8.22. The van der Waals surface area contributed by atoms with Crippen LogP contribution in [0.4, 0.5) is 0 Å². The summed E-state index contributed by atoms with van der Waals surface area (Å²) in [4.78, 5) is 23.9. The maximum absolute atomic E-state index is 12.1. The quantitative estimate of drug-likeness (QED) is 0.494. The number of rotatable bonds is 7. The third-order valence-corrected chi connectivity index (χ3v) is 3.68. The van der Waals surface area contributed by atoms with Crippen molar-refractivity contribution in [2.45, 2.75) is 0 Å². The van der Waals surface area contributed by atoms with Crippen LogP contribution in [0.1, 0.15) is 11.1 Å². The Morgan fingerprint density at radius 2 is 1.18 bits per heavy atom. The van der Waals surface area contributed by atoms with E-state index in [1.54, 1.807) is 24.3 Å². The minimum absolute atomic E-state index is 0.0624. The molecular formula is C20H17N3O5. The minimum atomic E-state index is -1.28. The Morgan fingerprint density at radius 3 is 1.57 bits per heavy atom. The van der Waals surface area contributed by atoms with Gasteiger partial charge in [-0.1, -0.05) is 60.7 Å². The molecule has 8 nitrogen and oxygen atoms in total. The number of nitrogens with zero attached hydrogens (tertiary/aromatic N) is 3. The number of aromatic nitrogens is 3. The van der Waals surface area contributed by atoms with Crippen LogP contribution in [0, 0.1) is 0 Å². The third-order valence-electron chi connectivity index (χ3n) is 3.68. The molecule has 0 saturated heterocycles. The Morgan fingerprint density at radius 1 is 0.750 bits per heavy atom. The lowest BCUT2D eigenvalue weighted by Gasteiger charge is -2.14. The molecule has 1 aromatic heterocycles. The molecule has 3 aromatic rings. The molecule has 3 rings (SSSR count). The highest BCUT2D eigenvalue weighted by Gasteiger charge is 2.22. The lowest BCUT2D eigenvalue weighted by atomic mass is 9.96. The van der Waals surface area contributed by atoms with Gasteiger partial charge in [0.05, 0.1) is 14.2 Å². The van der Waals surface area contributed by atoms with Gasteiger partial charge < -0.3 is 19.3 Å². The molecule has 0 aliphatic carbocycles. The Bertz CT molecular complexity index is 927. The highest BCUT2D eigenvalue weighted by atomic mass is 16.5. The lowest BCUT2D eigenvalue weighted by Crippen LogP contribution is -2.14. The van der Waals surface area contributed by atoms with Crippen molar-refractivity contribution < 1.29 is 24.1 Å². The summed E-state index contributed by atoms with van der Waals surface area (Å²) in [5.41, 5.74) is 1.71. The average Bonchev–Trinajstić information content (AvgIpc) is 2.74. The molecule has 1 N–H and O–H groups in total. The standard InChI is InChI=1S/C20H17N3O5/c1-26-18-21-19(27-2)23-20(22-18)28-16(17(24)25)15(13-9-5-3-6-10-13)14-11-7-4-8-12-14/h3-12H,1-2H3,(H,24,25). The number of hydrogen-bond donors (Lipinski definition) is 1. The maximum Gasteiger partial charge on any atom is 0.372 e. The van der Waals surface area contributed by atoms with Crippen molar-refractivity contribution in [1.82, 2.24) is 15.0 Å². The van der Waals surface area contributed by atoms with Crippen LogP contribution in [0.15, 0.2) is 66.4 Å². The number of methoxy groups -OCH3 is 2. The van der Waals surface area contributed by atoms with E-state index in [0.29, 0.717) is 16.7 Å². The maximum atomic E-state index is 12.1. The van der Waals surface area contributed by atoms with Crippen LogP contribution < -0.4 is 14.2 Å². The molecule has 0 aliphatic heterocycles. The molecule has 0 aliphatic rings. The molecule has 8 heteroatoms. The van der Waals surface area contributed by atoms with Crippen LogP contribution in [0.3, 0.4) is 0 Å². The number of carbonyl (C=O) groups is 1. The second kappa shape index (κ2) is 8.63. The largest absolute Gasteiger partial charge is 0.475 e. The number of carboxylic acids is 1. The SMILES string of the molecule is COc1nc(OC)nc(OC(C(=O)O)=C(c2ccccc2)c2ccccc2)n1. The second-order valence-electron chi connectivity index (χ2n) is 5.43. The van der Waals surface area contributed by atoms with Gasteiger partial charge in [-0.05, 0) is 11.1 Å². The van der Waals surface area contributed by atoms with Gasteiger partial charge in [0.15, 0.2) is 0 Å². The predicted octanol–water partition coefficient (Wildman–Crippen LogP) is 2.81. The number of carboxylic acid groups (broad SMARTS) is 1. The zero-order valence-electron chi connectivity index (χ0n) is 15.2. The Labute approximate surface area is 161 Å². The molecule has 0 atom stereocenters. The average molecular weight is 379 g/mol. The smallest absolute Gasteiger partial charge is 0.372 e. The summed E-state index contributed by atoms with van der Waals surface area (Å²) >= 11 is 0. The highest BCUT2D eigenvalue weighted by molar-refractivity contribution is 5.99. The van der Waals surface area contributed by atoms with Crippen LogP contribution in [0.2, 0.25) is 0 Å². The van der Waals surface area contributed by atoms with E-state index in [2.05, 4.69) is 15.0 Å². The molecule has 0 radical (unpaired) electrons. The van der Waals surface area contributed by atoms with Crippen LogP contribution in [-0.4, -0.2) is 40.2 Å². The molecule has 0 saturated carbocycles. The summed E-state index contributed by atoms with van der Waals surface area (Å²) < 4.78 is 15.6. The summed E-state index contributed by atoms with van der Waals surface area (Å²) in [6, 6.07) is 17.7. The summed E-state index contributed by atoms with van der Waals surface area (Å²) in [5.74, 6) is -1.62. The normalized spacial score (nSPS) is 10.1. The minimum Gasteiger partial charge on any atom is -0.475 e. The molecule has 1 heterocycles. The molecular weight excluding hydrogens is 362 g/mol. The lowest BCUT2D eigenvalue weighted by molar-refractivity contribution is -0.135. The molecule has 0 amide bonds. The first kappa shape index (κ1) is 18.8. The second-order valence-corrected chi connectivity index (χ2v) is 5.43. The first-order chi connectivity index (χ1) is 13.6. The summed E-state index contributed by atoms with van der Waals surface area (Å²) in [7, 11) is 2.73. The van der Waals surface area contributed by atoms with Crippen molar-refractivity contribution in [3.63, 3.8) is 0 Å². The van der Waals surface area contributed by atoms with Crippen molar-refractivity contribution in [2.75, 3.05) is 14.2 Å². The van der Waals surface area contributed by atoms with Crippen LogP contribution in [0.25, 0.3) is 5.57 Å². The summed E-state index contributed by atoms with van der Waals surface area (Å²) in [5, 5.41) is 9.86.